The summed E-state index contributed by atoms with van der Waals surface area (Å²) in [5.41, 5.74) is 7.93. The highest BCUT2D eigenvalue weighted by Gasteiger charge is 2.13. The number of amides is 1. The Morgan fingerprint density at radius 1 is 1.15 bits per heavy atom. The van der Waals surface area contributed by atoms with Crippen molar-refractivity contribution in [3.05, 3.63) is 63.7 Å². The third-order valence-electron chi connectivity index (χ3n) is 3.02. The maximum atomic E-state index is 12.0. The Morgan fingerprint density at radius 3 is 2.60 bits per heavy atom. The Bertz CT molecular complexity index is 572. The van der Waals surface area contributed by atoms with Gasteiger partial charge in [0.1, 0.15) is 0 Å². The number of halogens is 1. The summed E-state index contributed by atoms with van der Waals surface area (Å²) in [5.74, 6) is -0.136. The van der Waals surface area contributed by atoms with Gasteiger partial charge in [0.2, 0.25) is 5.91 Å². The van der Waals surface area contributed by atoms with E-state index in [1.165, 1.54) is 5.56 Å². The Hall–Kier alpha value is -1.40. The predicted molar refractivity (Wildman–Crippen MR) is 90.5 cm³/mol. The van der Waals surface area contributed by atoms with E-state index >= 15 is 0 Å². The zero-order chi connectivity index (χ0) is 14.4. The van der Waals surface area contributed by atoms with Crippen molar-refractivity contribution < 1.29 is 4.79 Å². The van der Waals surface area contributed by atoms with Gasteiger partial charge in [0, 0.05) is 9.26 Å². The fourth-order valence-electron chi connectivity index (χ4n) is 1.90. The third-order valence-corrected chi connectivity index (χ3v) is 3.69. The lowest BCUT2D eigenvalue weighted by atomic mass is 10.1. The number of aryl methyl sites for hydroxylation is 1. The number of hydrogen-bond acceptors (Lipinski definition) is 2. The van der Waals surface area contributed by atoms with Gasteiger partial charge in [0.25, 0.3) is 0 Å². The van der Waals surface area contributed by atoms with Gasteiger partial charge in [0.15, 0.2) is 0 Å². The van der Waals surface area contributed by atoms with Crippen molar-refractivity contribution in [3.8, 4) is 0 Å². The van der Waals surface area contributed by atoms with Gasteiger partial charge in [0.05, 0.1) is 6.04 Å². The molecule has 2 aromatic carbocycles. The van der Waals surface area contributed by atoms with Gasteiger partial charge in [-0.2, -0.15) is 0 Å². The molecule has 0 aromatic heterocycles. The molecule has 3 nitrogen and oxygen atoms in total. The Labute approximate surface area is 132 Å². The summed E-state index contributed by atoms with van der Waals surface area (Å²) < 4.78 is 1.08. The van der Waals surface area contributed by atoms with E-state index in [0.717, 1.165) is 15.7 Å². The van der Waals surface area contributed by atoms with Crippen molar-refractivity contribution in [2.75, 3.05) is 5.32 Å². The Morgan fingerprint density at radius 2 is 1.90 bits per heavy atom. The van der Waals surface area contributed by atoms with E-state index < -0.39 is 6.04 Å². The Kier molecular flexibility index (Phi) is 5.55. The largest absolute Gasteiger partial charge is 0.325 e. The van der Waals surface area contributed by atoms with Crippen LogP contribution in [0.5, 0.6) is 0 Å². The van der Waals surface area contributed by atoms with E-state index in [-0.39, 0.29) is 5.91 Å². The minimum absolute atomic E-state index is 0.136. The number of carbonyl (C=O) groups is 1. The first kappa shape index (κ1) is 15.0. The minimum Gasteiger partial charge on any atom is -0.325 e. The molecule has 0 bridgehead atoms. The van der Waals surface area contributed by atoms with Crippen LogP contribution in [0.2, 0.25) is 0 Å². The number of nitrogens with one attached hydrogen (secondary N) is 1. The Balaban J connectivity index is 1.86. The average molecular weight is 380 g/mol. The number of carbonyl (C=O) groups excluding carboxylic acids is 1. The molecule has 20 heavy (non-hydrogen) atoms. The van der Waals surface area contributed by atoms with Crippen LogP contribution in [0.3, 0.4) is 0 Å². The second-order valence-electron chi connectivity index (χ2n) is 4.63. The fraction of sp³-hybridized carbons (Fsp3) is 0.188. The predicted octanol–water partition coefficient (Wildman–Crippen LogP) is 3.19. The molecule has 0 unspecified atom stereocenters. The number of rotatable bonds is 5. The van der Waals surface area contributed by atoms with E-state index in [1.807, 2.05) is 54.6 Å². The summed E-state index contributed by atoms with van der Waals surface area (Å²) in [6, 6.07) is 17.2. The maximum absolute atomic E-state index is 12.0. The van der Waals surface area contributed by atoms with E-state index in [4.69, 9.17) is 5.73 Å². The standard InChI is InChI=1S/C16H17IN2O/c17-13-7-4-8-14(11-13)19-16(20)15(18)10-9-12-5-2-1-3-6-12/h1-8,11,15H,9-10,18H2,(H,19,20)/t15-/m0/s1. The summed E-state index contributed by atoms with van der Waals surface area (Å²) in [5, 5.41) is 2.85. The van der Waals surface area contributed by atoms with Crippen molar-refractivity contribution >= 4 is 34.2 Å². The number of anilines is 1. The van der Waals surface area contributed by atoms with Gasteiger partial charge >= 0.3 is 0 Å². The van der Waals surface area contributed by atoms with Crippen LogP contribution >= 0.6 is 22.6 Å². The topological polar surface area (TPSA) is 55.1 Å². The summed E-state index contributed by atoms with van der Waals surface area (Å²) >= 11 is 2.21. The molecule has 0 aliphatic heterocycles. The second kappa shape index (κ2) is 7.40. The lowest BCUT2D eigenvalue weighted by molar-refractivity contribution is -0.117. The molecule has 4 heteroatoms. The summed E-state index contributed by atoms with van der Waals surface area (Å²) in [6.07, 6.45) is 1.45. The fourth-order valence-corrected chi connectivity index (χ4v) is 2.44. The summed E-state index contributed by atoms with van der Waals surface area (Å²) in [7, 11) is 0. The van der Waals surface area contributed by atoms with Crippen molar-refractivity contribution in [1.29, 1.82) is 0 Å². The molecule has 1 amide bonds. The van der Waals surface area contributed by atoms with Gasteiger partial charge in [-0.3, -0.25) is 4.79 Å². The van der Waals surface area contributed by atoms with Crippen molar-refractivity contribution in [2.24, 2.45) is 5.73 Å². The SMILES string of the molecule is N[C@@H](CCc1ccccc1)C(=O)Nc1cccc(I)c1. The minimum atomic E-state index is -0.493. The highest BCUT2D eigenvalue weighted by Crippen LogP contribution is 2.13. The van der Waals surface area contributed by atoms with E-state index in [0.29, 0.717) is 6.42 Å². The van der Waals surface area contributed by atoms with Gasteiger partial charge < -0.3 is 11.1 Å². The molecule has 0 heterocycles. The normalized spacial score (nSPS) is 11.9. The zero-order valence-corrected chi connectivity index (χ0v) is 13.2. The first-order valence-electron chi connectivity index (χ1n) is 6.51. The van der Waals surface area contributed by atoms with E-state index in [2.05, 4.69) is 27.9 Å². The van der Waals surface area contributed by atoms with E-state index in [1.54, 1.807) is 0 Å². The summed E-state index contributed by atoms with van der Waals surface area (Å²) in [4.78, 5) is 12.0. The molecule has 0 aliphatic rings. The zero-order valence-electron chi connectivity index (χ0n) is 11.1. The van der Waals surface area contributed by atoms with Crippen LogP contribution in [-0.4, -0.2) is 11.9 Å². The van der Waals surface area contributed by atoms with Crippen LogP contribution in [0.1, 0.15) is 12.0 Å². The third kappa shape index (κ3) is 4.61. The molecule has 0 spiro atoms. The number of benzene rings is 2. The quantitative estimate of drug-likeness (QED) is 0.783. The maximum Gasteiger partial charge on any atom is 0.241 e. The van der Waals surface area contributed by atoms with Crippen LogP contribution in [-0.2, 0) is 11.2 Å². The van der Waals surface area contributed by atoms with Crippen LogP contribution < -0.4 is 11.1 Å². The number of hydrogen-bond donors (Lipinski definition) is 2. The molecule has 0 fully saturated rings. The second-order valence-corrected chi connectivity index (χ2v) is 5.88. The molecule has 1 atom stereocenters. The monoisotopic (exact) mass is 380 g/mol. The van der Waals surface area contributed by atoms with Gasteiger partial charge in [-0.1, -0.05) is 36.4 Å². The van der Waals surface area contributed by atoms with Gasteiger partial charge in [-0.05, 0) is 59.2 Å². The lowest BCUT2D eigenvalue weighted by Crippen LogP contribution is -2.36. The summed E-state index contributed by atoms with van der Waals surface area (Å²) in [6.45, 7) is 0. The average Bonchev–Trinajstić information content (AvgIpc) is 2.46. The molecular formula is C16H17IN2O. The molecule has 2 rings (SSSR count). The van der Waals surface area contributed by atoms with Gasteiger partial charge in [-0.25, -0.2) is 0 Å². The lowest BCUT2D eigenvalue weighted by Gasteiger charge is -2.12. The van der Waals surface area contributed by atoms with Crippen molar-refractivity contribution in [2.45, 2.75) is 18.9 Å². The molecule has 0 saturated carbocycles. The molecule has 0 saturated heterocycles. The highest BCUT2D eigenvalue weighted by atomic mass is 127. The highest BCUT2D eigenvalue weighted by molar-refractivity contribution is 14.1. The van der Waals surface area contributed by atoms with Gasteiger partial charge in [-0.15, -0.1) is 0 Å². The van der Waals surface area contributed by atoms with Crippen molar-refractivity contribution in [3.63, 3.8) is 0 Å². The van der Waals surface area contributed by atoms with E-state index in [9.17, 15) is 4.79 Å². The van der Waals surface area contributed by atoms with Crippen LogP contribution in [0, 0.1) is 3.57 Å². The first-order chi connectivity index (χ1) is 9.65. The van der Waals surface area contributed by atoms with Crippen LogP contribution in [0.4, 0.5) is 5.69 Å². The molecule has 0 aliphatic carbocycles. The number of nitrogens with two attached hydrogens (primary N) is 1. The molecule has 104 valence electrons. The molecule has 0 radical (unpaired) electrons. The van der Waals surface area contributed by atoms with Crippen molar-refractivity contribution in [1.82, 2.24) is 0 Å². The van der Waals surface area contributed by atoms with Crippen LogP contribution in [0.25, 0.3) is 0 Å². The molecule has 2 aromatic rings. The molecule has 3 N–H and O–H groups in total. The molecular weight excluding hydrogens is 363 g/mol. The first-order valence-corrected chi connectivity index (χ1v) is 7.59. The smallest absolute Gasteiger partial charge is 0.241 e. The van der Waals surface area contributed by atoms with Crippen LogP contribution in [0.15, 0.2) is 54.6 Å².